The molecule has 0 radical (unpaired) electrons. The Kier molecular flexibility index (Phi) is 6.90. The van der Waals surface area contributed by atoms with Crippen LogP contribution in [0.5, 0.6) is 5.75 Å². The summed E-state index contributed by atoms with van der Waals surface area (Å²) >= 11 is 0. The van der Waals surface area contributed by atoms with Crippen molar-refractivity contribution in [2.45, 2.75) is 26.1 Å². The number of anilines is 2. The van der Waals surface area contributed by atoms with Crippen molar-refractivity contribution in [2.75, 3.05) is 17.7 Å². The second-order valence-electron chi connectivity index (χ2n) is 7.29. The van der Waals surface area contributed by atoms with Crippen LogP contribution in [0.15, 0.2) is 54.7 Å². The number of aromatic nitrogens is 2. The zero-order valence-electron chi connectivity index (χ0n) is 18.0. The van der Waals surface area contributed by atoms with E-state index in [-0.39, 0.29) is 23.2 Å². The molecule has 3 aromatic rings. The highest BCUT2D eigenvalue weighted by Gasteiger charge is 2.31. The molecule has 0 bridgehead atoms. The summed E-state index contributed by atoms with van der Waals surface area (Å²) < 4.78 is 45.5. The molecule has 0 aliphatic rings. The van der Waals surface area contributed by atoms with E-state index in [9.17, 15) is 22.8 Å². The van der Waals surface area contributed by atoms with E-state index in [2.05, 4.69) is 21.0 Å². The number of para-hydroxylation sites is 2. The summed E-state index contributed by atoms with van der Waals surface area (Å²) in [5.74, 6) is -0.607. The van der Waals surface area contributed by atoms with Crippen LogP contribution in [0, 0.1) is 0 Å². The Balaban J connectivity index is 1.87. The van der Waals surface area contributed by atoms with Gasteiger partial charge in [-0.1, -0.05) is 18.2 Å². The predicted octanol–water partition coefficient (Wildman–Crippen LogP) is 4.68. The molecule has 0 atom stereocenters. The third-order valence-electron chi connectivity index (χ3n) is 4.40. The molecule has 0 aliphatic heterocycles. The fourth-order valence-electron chi connectivity index (χ4n) is 2.93. The zero-order valence-corrected chi connectivity index (χ0v) is 18.0. The number of ether oxygens (including phenoxy) is 1. The molecule has 0 spiro atoms. The fraction of sp³-hybridized carbons (Fsp3) is 0.227. The van der Waals surface area contributed by atoms with Gasteiger partial charge in [0, 0.05) is 6.04 Å². The van der Waals surface area contributed by atoms with Gasteiger partial charge in [0.2, 0.25) is 0 Å². The van der Waals surface area contributed by atoms with Crippen molar-refractivity contribution in [3.8, 4) is 11.4 Å². The second kappa shape index (κ2) is 9.63. The van der Waals surface area contributed by atoms with Crippen LogP contribution in [0.25, 0.3) is 5.69 Å². The van der Waals surface area contributed by atoms with Gasteiger partial charge in [-0.2, -0.15) is 18.3 Å². The number of nitrogens with zero attached hydrogens (tertiary/aromatic N) is 2. The number of hydrogen-bond donors (Lipinski definition) is 3. The quantitative estimate of drug-likeness (QED) is 0.497. The van der Waals surface area contributed by atoms with Gasteiger partial charge in [0.1, 0.15) is 0 Å². The van der Waals surface area contributed by atoms with Gasteiger partial charge < -0.3 is 20.7 Å². The van der Waals surface area contributed by atoms with E-state index in [1.807, 2.05) is 0 Å². The lowest BCUT2D eigenvalue weighted by Gasteiger charge is -2.14. The van der Waals surface area contributed by atoms with Crippen LogP contribution in [0.2, 0.25) is 0 Å². The van der Waals surface area contributed by atoms with Crippen molar-refractivity contribution in [3.05, 3.63) is 66.0 Å². The Morgan fingerprint density at radius 2 is 1.70 bits per heavy atom. The first-order valence-corrected chi connectivity index (χ1v) is 9.87. The number of carbonyl (C=O) groups is 2. The van der Waals surface area contributed by atoms with E-state index in [0.717, 1.165) is 16.8 Å². The van der Waals surface area contributed by atoms with Gasteiger partial charge in [-0.15, -0.1) is 0 Å². The average Bonchev–Trinajstić information content (AvgIpc) is 3.19. The molecule has 3 amide bonds. The number of rotatable bonds is 6. The molecule has 0 saturated heterocycles. The maximum Gasteiger partial charge on any atom is 0.416 e. The Labute approximate surface area is 187 Å². The van der Waals surface area contributed by atoms with Crippen molar-refractivity contribution in [3.63, 3.8) is 0 Å². The molecule has 1 heterocycles. The highest BCUT2D eigenvalue weighted by atomic mass is 19.4. The third-order valence-corrected chi connectivity index (χ3v) is 4.40. The molecule has 11 heteroatoms. The van der Waals surface area contributed by atoms with Gasteiger partial charge in [-0.3, -0.25) is 4.79 Å². The van der Waals surface area contributed by atoms with Gasteiger partial charge in [-0.05, 0) is 44.2 Å². The zero-order chi connectivity index (χ0) is 24.2. The van der Waals surface area contributed by atoms with Crippen molar-refractivity contribution in [1.29, 1.82) is 0 Å². The van der Waals surface area contributed by atoms with Crippen LogP contribution in [-0.4, -0.2) is 34.9 Å². The number of urea groups is 1. The summed E-state index contributed by atoms with van der Waals surface area (Å²) in [6, 6.07) is 10.5. The molecule has 33 heavy (non-hydrogen) atoms. The normalized spacial score (nSPS) is 11.2. The van der Waals surface area contributed by atoms with Crippen LogP contribution in [0.3, 0.4) is 0 Å². The minimum absolute atomic E-state index is 0.0629. The van der Waals surface area contributed by atoms with Crippen molar-refractivity contribution < 1.29 is 27.5 Å². The topological polar surface area (TPSA) is 97.3 Å². The first-order valence-electron chi connectivity index (χ1n) is 9.87. The maximum atomic E-state index is 13.0. The van der Waals surface area contributed by atoms with E-state index in [4.69, 9.17) is 4.74 Å². The minimum atomic E-state index is -4.52. The number of methoxy groups -OCH3 is 1. The molecule has 0 aliphatic carbocycles. The van der Waals surface area contributed by atoms with Gasteiger partial charge in [0.15, 0.2) is 11.4 Å². The number of carbonyl (C=O) groups excluding carboxylic acids is 2. The van der Waals surface area contributed by atoms with E-state index in [0.29, 0.717) is 11.4 Å². The monoisotopic (exact) mass is 461 g/mol. The van der Waals surface area contributed by atoms with Gasteiger partial charge in [-0.25, -0.2) is 9.48 Å². The van der Waals surface area contributed by atoms with Crippen LogP contribution >= 0.6 is 0 Å². The molecule has 0 unspecified atom stereocenters. The van der Waals surface area contributed by atoms with E-state index >= 15 is 0 Å². The Hall–Kier alpha value is -4.02. The van der Waals surface area contributed by atoms with Crippen LogP contribution in [0.1, 0.15) is 29.9 Å². The molecular weight excluding hydrogens is 439 g/mol. The van der Waals surface area contributed by atoms with E-state index < -0.39 is 23.7 Å². The van der Waals surface area contributed by atoms with Gasteiger partial charge in [0.05, 0.1) is 35.9 Å². The minimum Gasteiger partial charge on any atom is -0.493 e. The fourth-order valence-corrected chi connectivity index (χ4v) is 2.93. The highest BCUT2D eigenvalue weighted by Crippen LogP contribution is 2.31. The third kappa shape index (κ3) is 5.82. The second-order valence-corrected chi connectivity index (χ2v) is 7.29. The lowest BCUT2D eigenvalue weighted by atomic mass is 10.2. The Bertz CT molecular complexity index is 1160. The largest absolute Gasteiger partial charge is 0.493 e. The summed E-state index contributed by atoms with van der Waals surface area (Å²) in [5, 5.41) is 12.1. The smallest absolute Gasteiger partial charge is 0.416 e. The SMILES string of the molecule is COc1cn(-c2cccc(C(F)(F)F)c2)nc1C(=O)Nc1ccccc1NC(=O)NC(C)C. The number of amides is 3. The first-order chi connectivity index (χ1) is 15.6. The Morgan fingerprint density at radius 1 is 1.03 bits per heavy atom. The van der Waals surface area contributed by atoms with Gasteiger partial charge >= 0.3 is 12.2 Å². The lowest BCUT2D eigenvalue weighted by Crippen LogP contribution is -2.34. The van der Waals surface area contributed by atoms with E-state index in [1.165, 1.54) is 25.4 Å². The van der Waals surface area contributed by atoms with Crippen LogP contribution in [-0.2, 0) is 6.18 Å². The molecule has 1 aromatic heterocycles. The summed E-state index contributed by atoms with van der Waals surface area (Å²) in [6.45, 7) is 3.61. The number of nitrogens with one attached hydrogen (secondary N) is 3. The molecule has 174 valence electrons. The summed E-state index contributed by atoms with van der Waals surface area (Å²) in [4.78, 5) is 24.9. The summed E-state index contributed by atoms with van der Waals surface area (Å²) in [5.41, 5.74) is -0.233. The number of halogens is 3. The number of alkyl halides is 3. The average molecular weight is 461 g/mol. The van der Waals surface area contributed by atoms with Gasteiger partial charge in [0.25, 0.3) is 5.91 Å². The molecule has 3 rings (SSSR count). The first kappa shape index (κ1) is 23.6. The molecular formula is C22H22F3N5O3. The maximum absolute atomic E-state index is 13.0. The number of benzene rings is 2. The molecule has 3 N–H and O–H groups in total. The molecule has 8 nitrogen and oxygen atoms in total. The molecule has 0 fully saturated rings. The highest BCUT2D eigenvalue weighted by molar-refractivity contribution is 6.07. The lowest BCUT2D eigenvalue weighted by molar-refractivity contribution is -0.137. The van der Waals surface area contributed by atoms with Crippen molar-refractivity contribution in [1.82, 2.24) is 15.1 Å². The number of hydrogen-bond acceptors (Lipinski definition) is 4. The Morgan fingerprint density at radius 3 is 2.30 bits per heavy atom. The predicted molar refractivity (Wildman–Crippen MR) is 117 cm³/mol. The molecule has 0 saturated carbocycles. The standard InChI is InChI=1S/C22H22F3N5O3/c1-13(2)26-21(32)28-17-10-5-4-9-16(17)27-20(31)19-18(33-3)12-30(29-19)15-8-6-7-14(11-15)22(23,24)25/h4-13H,1-3H3,(H,27,31)(H2,26,28,32). The summed E-state index contributed by atoms with van der Waals surface area (Å²) in [6.07, 6.45) is -3.21. The molecule has 2 aromatic carbocycles. The van der Waals surface area contributed by atoms with Crippen LogP contribution < -0.4 is 20.7 Å². The van der Waals surface area contributed by atoms with Crippen molar-refractivity contribution in [2.24, 2.45) is 0 Å². The summed E-state index contributed by atoms with van der Waals surface area (Å²) in [7, 11) is 1.32. The van der Waals surface area contributed by atoms with Crippen molar-refractivity contribution >= 4 is 23.3 Å². The van der Waals surface area contributed by atoms with Crippen LogP contribution in [0.4, 0.5) is 29.3 Å². The van der Waals surface area contributed by atoms with E-state index in [1.54, 1.807) is 38.1 Å².